The summed E-state index contributed by atoms with van der Waals surface area (Å²) in [7, 11) is 1.44. The number of nitrogens with zero attached hydrogens (tertiary/aromatic N) is 6. The third-order valence-electron chi connectivity index (χ3n) is 9.27. The number of azo groups is 1. The number of carbonyl (C=O) groups is 2. The summed E-state index contributed by atoms with van der Waals surface area (Å²) in [6.45, 7) is 2.09. The highest BCUT2D eigenvalue weighted by Crippen LogP contribution is 2.46. The number of likely N-dealkylation sites (tertiary alicyclic amines) is 1. The van der Waals surface area contributed by atoms with Crippen molar-refractivity contribution >= 4 is 45.2 Å². The minimum atomic E-state index is -1.35. The molecule has 14 heteroatoms. The largest absolute Gasteiger partial charge is 0.493 e. The number of carbonyl (C=O) groups excluding carboxylic acids is 1. The first-order chi connectivity index (χ1) is 21.7. The van der Waals surface area contributed by atoms with Gasteiger partial charge in [0.1, 0.15) is 11.3 Å². The molecule has 2 aromatic carbocycles. The summed E-state index contributed by atoms with van der Waals surface area (Å²) < 4.78 is 25.3. The lowest BCUT2D eigenvalue weighted by Gasteiger charge is -2.37. The number of urea groups is 1. The van der Waals surface area contributed by atoms with E-state index in [4.69, 9.17) is 10.5 Å². The number of fused-ring (bicyclic) bond motifs is 3. The molecule has 0 spiro atoms. The molecule has 2 saturated heterocycles. The Morgan fingerprint density at radius 1 is 1.16 bits per heavy atom. The molecule has 13 nitrogen and oxygen atoms in total. The van der Waals surface area contributed by atoms with Gasteiger partial charge >= 0.3 is 12.0 Å². The standard InChI is InChI=1S/C31H32FN7O6/c1-45-28-25-19(27(40)20(30(42)43)13-38(25)17-8-9-17)11-21(32)26(28)37-12-16-5-4-10-36(23(16)14-37)15-39-22-7-3-2-6-18(22)24(29(39)41)34-35-31(33)44/h2-3,6-7,11,13,16-17,23,41H,4-5,8-10,12,14-15H2,1H3,(H2,33,44)(H,42,43)/t16-,23+/m0/s1. The molecule has 3 aliphatic rings. The number of piperidine rings is 1. The summed E-state index contributed by atoms with van der Waals surface area (Å²) in [5.41, 5.74) is 5.53. The van der Waals surface area contributed by atoms with Gasteiger partial charge in [0.15, 0.2) is 17.3 Å². The second kappa shape index (κ2) is 10.9. The predicted octanol–water partition coefficient (Wildman–Crippen LogP) is 4.56. The summed E-state index contributed by atoms with van der Waals surface area (Å²) in [5, 5.41) is 28.8. The first-order valence-electron chi connectivity index (χ1n) is 14.9. The number of aromatic carboxylic acids is 1. The van der Waals surface area contributed by atoms with Crippen molar-refractivity contribution in [3.05, 3.63) is 58.1 Å². The maximum Gasteiger partial charge on any atom is 0.356 e. The van der Waals surface area contributed by atoms with Gasteiger partial charge < -0.3 is 30.2 Å². The molecule has 2 aromatic heterocycles. The van der Waals surface area contributed by atoms with E-state index >= 15 is 4.39 Å². The van der Waals surface area contributed by atoms with Crippen LogP contribution in [0.2, 0.25) is 0 Å². The van der Waals surface area contributed by atoms with Gasteiger partial charge in [0.05, 0.1) is 30.2 Å². The Labute approximate surface area is 255 Å². The maximum atomic E-state index is 16.0. The van der Waals surface area contributed by atoms with E-state index in [9.17, 15) is 24.6 Å². The molecular weight excluding hydrogens is 585 g/mol. The average Bonchev–Trinajstić information content (AvgIpc) is 3.71. The molecule has 2 amide bonds. The molecule has 7 rings (SSSR count). The van der Waals surface area contributed by atoms with Crippen LogP contribution in [0.25, 0.3) is 21.8 Å². The van der Waals surface area contributed by atoms with Crippen LogP contribution in [-0.2, 0) is 6.67 Å². The lowest BCUT2D eigenvalue weighted by atomic mass is 9.92. The number of anilines is 1. The number of hydrogen-bond donors (Lipinski definition) is 3. The van der Waals surface area contributed by atoms with Crippen molar-refractivity contribution in [1.82, 2.24) is 14.0 Å². The van der Waals surface area contributed by atoms with Gasteiger partial charge in [0.25, 0.3) is 0 Å². The van der Waals surface area contributed by atoms with Crippen LogP contribution in [0.15, 0.2) is 51.6 Å². The lowest BCUT2D eigenvalue weighted by molar-refractivity contribution is 0.0694. The summed E-state index contributed by atoms with van der Waals surface area (Å²) in [4.78, 5) is 40.4. The van der Waals surface area contributed by atoms with Crippen LogP contribution in [0.1, 0.15) is 42.1 Å². The maximum absolute atomic E-state index is 16.0. The van der Waals surface area contributed by atoms with E-state index in [0.717, 1.165) is 38.3 Å². The molecule has 4 aromatic rings. The Hall–Kier alpha value is -4.98. The Bertz CT molecular complexity index is 1970. The zero-order valence-corrected chi connectivity index (χ0v) is 24.5. The number of para-hydroxylation sites is 1. The van der Waals surface area contributed by atoms with Gasteiger partial charge in [0, 0.05) is 43.3 Å². The van der Waals surface area contributed by atoms with Crippen molar-refractivity contribution in [2.75, 3.05) is 31.6 Å². The van der Waals surface area contributed by atoms with E-state index in [-0.39, 0.29) is 46.4 Å². The summed E-state index contributed by atoms with van der Waals surface area (Å²) in [5.74, 6) is -1.73. The van der Waals surface area contributed by atoms with Crippen molar-refractivity contribution in [3.63, 3.8) is 0 Å². The minimum Gasteiger partial charge on any atom is -0.493 e. The normalized spacial score (nSPS) is 20.4. The van der Waals surface area contributed by atoms with Gasteiger partial charge in [-0.1, -0.05) is 23.3 Å². The lowest BCUT2D eigenvalue weighted by Crippen LogP contribution is -2.45. The third-order valence-corrected chi connectivity index (χ3v) is 9.27. The first kappa shape index (κ1) is 28.8. The highest BCUT2D eigenvalue weighted by atomic mass is 19.1. The topological polar surface area (TPSA) is 168 Å². The smallest absolute Gasteiger partial charge is 0.356 e. The Morgan fingerprint density at radius 2 is 1.93 bits per heavy atom. The molecule has 45 heavy (non-hydrogen) atoms. The number of pyridine rings is 1. The molecule has 4 heterocycles. The fraction of sp³-hybridized carbons (Fsp3) is 0.387. The molecule has 3 fully saturated rings. The van der Waals surface area contributed by atoms with Crippen LogP contribution in [0.4, 0.5) is 20.6 Å². The predicted molar refractivity (Wildman–Crippen MR) is 163 cm³/mol. The van der Waals surface area contributed by atoms with Gasteiger partial charge in [0.2, 0.25) is 11.3 Å². The molecule has 1 aliphatic carbocycles. The Balaban J connectivity index is 1.26. The van der Waals surface area contributed by atoms with Gasteiger partial charge in [-0.3, -0.25) is 14.3 Å². The van der Waals surface area contributed by atoms with E-state index in [1.807, 2.05) is 17.0 Å². The number of rotatable bonds is 7. The SMILES string of the molecule is COc1c(N2C[C@@H]3CCCN(Cn4c(O)c(N=NC(N)=O)c5ccccc54)[C@@H]3C2)c(F)cc2c(=O)c(C(=O)O)cn(C3CC3)c12. The fourth-order valence-corrected chi connectivity index (χ4v) is 7.15. The fourth-order valence-electron chi connectivity index (χ4n) is 7.15. The van der Waals surface area contributed by atoms with Crippen LogP contribution in [0.3, 0.4) is 0 Å². The number of methoxy groups -OCH3 is 1. The molecule has 0 bridgehead atoms. The number of aromatic hydroxyl groups is 1. The van der Waals surface area contributed by atoms with Gasteiger partial charge in [-0.2, -0.15) is 0 Å². The van der Waals surface area contributed by atoms with Crippen molar-refractivity contribution in [1.29, 1.82) is 0 Å². The quantitative estimate of drug-likeness (QED) is 0.254. The summed E-state index contributed by atoms with van der Waals surface area (Å²) in [6.07, 6.45) is 4.83. The number of primary amides is 1. The zero-order valence-electron chi connectivity index (χ0n) is 24.5. The van der Waals surface area contributed by atoms with E-state index in [0.29, 0.717) is 36.2 Å². The highest BCUT2D eigenvalue weighted by molar-refractivity contribution is 5.97. The van der Waals surface area contributed by atoms with Crippen molar-refractivity contribution < 1.29 is 28.9 Å². The summed E-state index contributed by atoms with van der Waals surface area (Å²) in [6, 6.07) is 7.48. The van der Waals surface area contributed by atoms with Gasteiger partial charge in [-0.05, 0) is 43.7 Å². The monoisotopic (exact) mass is 617 g/mol. The second-order valence-electron chi connectivity index (χ2n) is 11.9. The third kappa shape index (κ3) is 4.76. The van der Waals surface area contributed by atoms with Crippen LogP contribution in [0, 0.1) is 11.7 Å². The number of halogens is 1. The van der Waals surface area contributed by atoms with Gasteiger partial charge in [-0.25, -0.2) is 14.0 Å². The van der Waals surface area contributed by atoms with Crippen LogP contribution in [-0.4, -0.2) is 69.0 Å². The number of hydrogen-bond acceptors (Lipinski definition) is 8. The molecule has 4 N–H and O–H groups in total. The number of nitrogens with two attached hydrogens (primary N) is 1. The van der Waals surface area contributed by atoms with Crippen LogP contribution < -0.4 is 20.8 Å². The average molecular weight is 618 g/mol. The molecular formula is C31H32FN7O6. The van der Waals surface area contributed by atoms with E-state index in [2.05, 4.69) is 15.1 Å². The van der Waals surface area contributed by atoms with E-state index < -0.39 is 28.8 Å². The number of carboxylic acids is 1. The Morgan fingerprint density at radius 3 is 2.64 bits per heavy atom. The number of aromatic nitrogens is 2. The number of ether oxygens (including phenoxy) is 1. The zero-order chi connectivity index (χ0) is 31.6. The number of carboxylic acid groups (broad SMARTS) is 1. The van der Waals surface area contributed by atoms with Gasteiger partial charge in [-0.15, -0.1) is 5.11 Å². The van der Waals surface area contributed by atoms with Crippen LogP contribution >= 0.6 is 0 Å². The van der Waals surface area contributed by atoms with E-state index in [1.165, 1.54) is 13.3 Å². The number of benzene rings is 2. The van der Waals surface area contributed by atoms with Crippen molar-refractivity contribution in [2.45, 2.75) is 44.4 Å². The molecule has 2 aliphatic heterocycles. The van der Waals surface area contributed by atoms with Crippen molar-refractivity contribution in [3.8, 4) is 11.6 Å². The first-order valence-corrected chi connectivity index (χ1v) is 14.9. The molecule has 2 atom stereocenters. The van der Waals surface area contributed by atoms with Crippen LogP contribution in [0.5, 0.6) is 11.6 Å². The second-order valence-corrected chi connectivity index (χ2v) is 11.9. The highest BCUT2D eigenvalue weighted by Gasteiger charge is 2.42. The van der Waals surface area contributed by atoms with E-state index in [1.54, 1.807) is 21.3 Å². The summed E-state index contributed by atoms with van der Waals surface area (Å²) >= 11 is 0. The van der Waals surface area contributed by atoms with Crippen molar-refractivity contribution in [2.24, 2.45) is 21.9 Å². The molecule has 234 valence electrons. The molecule has 0 radical (unpaired) electrons. The number of amides is 2. The molecule has 1 saturated carbocycles. The Kier molecular flexibility index (Phi) is 6.95. The molecule has 0 unspecified atom stereocenters. The minimum absolute atomic E-state index is 0.00605.